The van der Waals surface area contributed by atoms with Gasteiger partial charge in [0.1, 0.15) is 11.0 Å². The van der Waals surface area contributed by atoms with E-state index in [1.165, 1.54) is 48.8 Å². The van der Waals surface area contributed by atoms with Crippen molar-refractivity contribution in [2.75, 3.05) is 13.7 Å². The zero-order chi connectivity index (χ0) is 22.6. The first-order valence-corrected chi connectivity index (χ1v) is 11.4. The quantitative estimate of drug-likeness (QED) is 0.544. The molecule has 1 heterocycles. The number of carbonyl (C=O) groups excluding carboxylic acids is 1. The average Bonchev–Trinajstić information content (AvgIpc) is 3.27. The Hall–Kier alpha value is -2.85. The minimum Gasteiger partial charge on any atom is -0.497 e. The summed E-state index contributed by atoms with van der Waals surface area (Å²) in [7, 11) is -2.44. The lowest BCUT2D eigenvalue weighted by molar-refractivity contribution is -0.137. The number of sulfone groups is 1. The summed E-state index contributed by atoms with van der Waals surface area (Å²) in [5.74, 6) is -0.304. The van der Waals surface area contributed by atoms with Crippen LogP contribution < -0.4 is 10.1 Å². The summed E-state index contributed by atoms with van der Waals surface area (Å²) in [6, 6.07) is 13.1. The maximum atomic E-state index is 13.2. The van der Waals surface area contributed by atoms with E-state index in [1.54, 1.807) is 17.5 Å². The van der Waals surface area contributed by atoms with Crippen molar-refractivity contribution in [1.82, 2.24) is 5.32 Å². The van der Waals surface area contributed by atoms with Crippen LogP contribution >= 0.6 is 11.3 Å². The summed E-state index contributed by atoms with van der Waals surface area (Å²) in [4.78, 5) is 13.0. The van der Waals surface area contributed by atoms with Gasteiger partial charge in [0.15, 0.2) is 9.84 Å². The van der Waals surface area contributed by atoms with Crippen LogP contribution in [0, 0.1) is 0 Å². The van der Waals surface area contributed by atoms with E-state index in [1.807, 2.05) is 0 Å². The fourth-order valence-electron chi connectivity index (χ4n) is 2.89. The number of ether oxygens (including phenoxy) is 1. The van der Waals surface area contributed by atoms with Gasteiger partial charge < -0.3 is 10.1 Å². The van der Waals surface area contributed by atoms with Crippen LogP contribution in [0.5, 0.6) is 5.75 Å². The lowest BCUT2D eigenvalue weighted by Gasteiger charge is -2.18. The number of alkyl halides is 3. The number of halogens is 3. The number of nitrogens with one attached hydrogen (secondary N) is 1. The van der Waals surface area contributed by atoms with E-state index in [2.05, 4.69) is 5.32 Å². The van der Waals surface area contributed by atoms with Crippen molar-refractivity contribution in [3.63, 3.8) is 0 Å². The number of thiophene rings is 1. The summed E-state index contributed by atoms with van der Waals surface area (Å²) >= 11 is 1.21. The van der Waals surface area contributed by atoms with Crippen LogP contribution in [0.2, 0.25) is 0 Å². The van der Waals surface area contributed by atoms with E-state index in [0.717, 1.165) is 18.2 Å². The molecule has 31 heavy (non-hydrogen) atoms. The molecule has 2 aromatic carbocycles. The van der Waals surface area contributed by atoms with Crippen molar-refractivity contribution in [1.29, 1.82) is 0 Å². The molecule has 0 aliphatic rings. The molecule has 0 unspecified atom stereocenters. The van der Waals surface area contributed by atoms with E-state index < -0.39 is 32.7 Å². The van der Waals surface area contributed by atoms with Gasteiger partial charge in [-0.3, -0.25) is 4.79 Å². The maximum absolute atomic E-state index is 13.2. The monoisotopic (exact) mass is 469 g/mol. The summed E-state index contributed by atoms with van der Waals surface area (Å²) < 4.78 is 70.2. The molecular formula is C21H18F3NO4S2. The maximum Gasteiger partial charge on any atom is 0.416 e. The predicted molar refractivity (Wildman–Crippen MR) is 111 cm³/mol. The van der Waals surface area contributed by atoms with Gasteiger partial charge in [-0.15, -0.1) is 11.3 Å². The molecule has 0 bridgehead atoms. The number of methoxy groups -OCH3 is 1. The van der Waals surface area contributed by atoms with Crippen LogP contribution in [0.3, 0.4) is 0 Å². The molecule has 0 radical (unpaired) electrons. The molecule has 0 spiro atoms. The van der Waals surface area contributed by atoms with Crippen molar-refractivity contribution in [2.24, 2.45) is 0 Å². The van der Waals surface area contributed by atoms with E-state index in [-0.39, 0.29) is 17.0 Å². The third kappa shape index (κ3) is 5.26. The van der Waals surface area contributed by atoms with Gasteiger partial charge in [-0.2, -0.15) is 13.2 Å². The van der Waals surface area contributed by atoms with Crippen molar-refractivity contribution >= 4 is 27.1 Å². The SMILES string of the molecule is COc1ccc(S(=O)(=O)[C@H](CNC(=O)c2cccc(C(F)(F)F)c2)c2cccs2)cc1. The molecule has 164 valence electrons. The van der Waals surface area contributed by atoms with E-state index in [9.17, 15) is 26.4 Å². The normalized spacial score (nSPS) is 12.9. The minimum absolute atomic E-state index is 0.0417. The Morgan fingerprint density at radius 2 is 1.81 bits per heavy atom. The van der Waals surface area contributed by atoms with Crippen molar-refractivity contribution < 1.29 is 31.1 Å². The third-order valence-corrected chi connectivity index (χ3v) is 7.76. The van der Waals surface area contributed by atoms with Gasteiger partial charge in [-0.1, -0.05) is 12.1 Å². The van der Waals surface area contributed by atoms with Crippen LogP contribution in [-0.2, 0) is 16.0 Å². The Morgan fingerprint density at radius 3 is 2.39 bits per heavy atom. The Bertz CT molecular complexity index is 1140. The van der Waals surface area contributed by atoms with Gasteiger partial charge in [0.2, 0.25) is 0 Å². The number of hydrogen-bond acceptors (Lipinski definition) is 5. The molecule has 1 aromatic heterocycles. The van der Waals surface area contributed by atoms with Gasteiger partial charge in [0.05, 0.1) is 17.6 Å². The second kappa shape index (κ2) is 9.11. The number of benzene rings is 2. The van der Waals surface area contributed by atoms with Gasteiger partial charge in [0, 0.05) is 17.0 Å². The molecule has 3 rings (SSSR count). The predicted octanol–water partition coefficient (Wildman–Crippen LogP) is 4.72. The third-order valence-electron chi connectivity index (χ3n) is 4.52. The molecule has 0 aliphatic carbocycles. The van der Waals surface area contributed by atoms with E-state index >= 15 is 0 Å². The number of hydrogen-bond donors (Lipinski definition) is 1. The summed E-state index contributed by atoms with van der Waals surface area (Å²) in [5.41, 5.74) is -1.16. The van der Waals surface area contributed by atoms with Gasteiger partial charge in [-0.05, 0) is 53.9 Å². The smallest absolute Gasteiger partial charge is 0.416 e. The van der Waals surface area contributed by atoms with Crippen LogP contribution in [0.4, 0.5) is 13.2 Å². The van der Waals surface area contributed by atoms with Gasteiger partial charge in [0.25, 0.3) is 5.91 Å². The van der Waals surface area contributed by atoms with Gasteiger partial charge >= 0.3 is 6.18 Å². The summed E-state index contributed by atoms with van der Waals surface area (Å²) in [5, 5.41) is 3.07. The first-order chi connectivity index (χ1) is 14.6. The Morgan fingerprint density at radius 1 is 1.10 bits per heavy atom. The van der Waals surface area contributed by atoms with Crippen LogP contribution in [-0.4, -0.2) is 28.0 Å². The number of carbonyl (C=O) groups is 1. The molecule has 10 heteroatoms. The molecule has 0 aliphatic heterocycles. The largest absolute Gasteiger partial charge is 0.497 e. The number of amides is 1. The Kier molecular flexibility index (Phi) is 6.71. The summed E-state index contributed by atoms with van der Waals surface area (Å²) in [6.45, 7) is -0.302. The fourth-order valence-corrected chi connectivity index (χ4v) is 5.68. The summed E-state index contributed by atoms with van der Waals surface area (Å²) in [6.07, 6.45) is -4.59. The number of rotatable bonds is 7. The van der Waals surface area contributed by atoms with Crippen LogP contribution in [0.1, 0.15) is 26.0 Å². The highest BCUT2D eigenvalue weighted by Crippen LogP contribution is 2.33. The van der Waals surface area contributed by atoms with E-state index in [0.29, 0.717) is 10.6 Å². The van der Waals surface area contributed by atoms with Gasteiger partial charge in [-0.25, -0.2) is 8.42 Å². The first kappa shape index (κ1) is 22.8. The molecule has 3 aromatic rings. The average molecular weight is 470 g/mol. The molecule has 0 saturated heterocycles. The second-order valence-electron chi connectivity index (χ2n) is 6.51. The minimum atomic E-state index is -4.59. The molecular weight excluding hydrogens is 451 g/mol. The zero-order valence-electron chi connectivity index (χ0n) is 16.2. The Balaban J connectivity index is 1.85. The Labute approximate surface area is 181 Å². The lowest BCUT2D eigenvalue weighted by atomic mass is 10.1. The first-order valence-electron chi connectivity index (χ1n) is 8.99. The highest BCUT2D eigenvalue weighted by atomic mass is 32.2. The van der Waals surface area contributed by atoms with Crippen molar-refractivity contribution in [3.8, 4) is 5.75 Å². The second-order valence-corrected chi connectivity index (χ2v) is 9.62. The fraction of sp³-hybridized carbons (Fsp3) is 0.190. The van der Waals surface area contributed by atoms with E-state index in [4.69, 9.17) is 4.74 Å². The highest BCUT2D eigenvalue weighted by molar-refractivity contribution is 7.91. The zero-order valence-corrected chi connectivity index (χ0v) is 17.9. The molecule has 0 saturated carbocycles. The lowest BCUT2D eigenvalue weighted by Crippen LogP contribution is -2.31. The molecule has 1 amide bonds. The van der Waals surface area contributed by atoms with Crippen LogP contribution in [0.15, 0.2) is 70.9 Å². The highest BCUT2D eigenvalue weighted by Gasteiger charge is 2.32. The standard InChI is InChI=1S/C21H18F3NO4S2/c1-29-16-7-9-17(10-8-16)31(27,28)19(18-6-3-11-30-18)13-25-20(26)14-4-2-5-15(12-14)21(22,23)24/h2-12,19H,13H2,1H3,(H,25,26)/t19-/m1/s1. The molecule has 5 nitrogen and oxygen atoms in total. The van der Waals surface area contributed by atoms with Crippen molar-refractivity contribution in [3.05, 3.63) is 82.0 Å². The molecule has 0 fully saturated rings. The molecule has 1 atom stereocenters. The molecule has 1 N–H and O–H groups in total. The van der Waals surface area contributed by atoms with Crippen LogP contribution in [0.25, 0.3) is 0 Å². The topological polar surface area (TPSA) is 72.5 Å². The van der Waals surface area contributed by atoms with Crippen molar-refractivity contribution in [2.45, 2.75) is 16.3 Å².